The second kappa shape index (κ2) is 13.4. The van der Waals surface area contributed by atoms with E-state index in [0.29, 0.717) is 36.0 Å². The number of phenolic OH excluding ortho intramolecular Hbond substituents is 3. The molecule has 0 saturated heterocycles. The maximum Gasteiger partial charge on any atom is 0.345 e. The summed E-state index contributed by atoms with van der Waals surface area (Å²) in [5.74, 6) is 0.186. The molecule has 3 aromatic carbocycles. The van der Waals surface area contributed by atoms with Crippen LogP contribution in [-0.2, 0) is 19.3 Å². The molecule has 1 heterocycles. The molecular weight excluding hydrogens is 534 g/mol. The quantitative estimate of drug-likeness (QED) is 0.212. The van der Waals surface area contributed by atoms with Crippen molar-refractivity contribution in [2.24, 2.45) is 0 Å². The van der Waals surface area contributed by atoms with Crippen LogP contribution in [-0.4, -0.2) is 29.0 Å². The average Bonchev–Trinajstić information content (AvgIpc) is 2.97. The molecule has 0 aliphatic heterocycles. The summed E-state index contributed by atoms with van der Waals surface area (Å²) >= 11 is 0. The molecule has 0 atom stereocenters. The first-order chi connectivity index (χ1) is 20.2. The van der Waals surface area contributed by atoms with Gasteiger partial charge >= 0.3 is 17.1 Å². The van der Waals surface area contributed by atoms with Crippen LogP contribution in [0.15, 0.2) is 69.0 Å². The summed E-state index contributed by atoms with van der Waals surface area (Å²) in [5, 5.41) is 31.3. The number of hydrogen-bond donors (Lipinski definition) is 3. The van der Waals surface area contributed by atoms with Gasteiger partial charge in [0.1, 0.15) is 17.2 Å². The van der Waals surface area contributed by atoms with Gasteiger partial charge in [0.05, 0.1) is 17.1 Å². The smallest absolute Gasteiger partial charge is 0.345 e. The van der Waals surface area contributed by atoms with Gasteiger partial charge in [0, 0.05) is 0 Å². The highest BCUT2D eigenvalue weighted by atomic mass is 16.3. The van der Waals surface area contributed by atoms with Crippen LogP contribution in [0, 0.1) is 0 Å². The first-order valence-corrected chi connectivity index (χ1v) is 14.7. The van der Waals surface area contributed by atoms with Gasteiger partial charge in [-0.3, -0.25) is 0 Å². The summed E-state index contributed by atoms with van der Waals surface area (Å²) in [7, 11) is 0. The monoisotopic (exact) mass is 573 g/mol. The third kappa shape index (κ3) is 6.20. The molecule has 0 aliphatic carbocycles. The first kappa shape index (κ1) is 30.4. The number of unbranched alkanes of at least 4 members (excludes halogenated alkanes) is 3. The van der Waals surface area contributed by atoms with Crippen molar-refractivity contribution in [1.29, 1.82) is 0 Å². The van der Waals surface area contributed by atoms with Gasteiger partial charge in [-0.1, -0.05) is 40.0 Å². The number of nitrogens with zero attached hydrogens (tertiary/aromatic N) is 3. The highest BCUT2D eigenvalue weighted by molar-refractivity contribution is 5.48. The van der Waals surface area contributed by atoms with E-state index in [2.05, 4.69) is 0 Å². The van der Waals surface area contributed by atoms with Gasteiger partial charge in [-0.25, -0.2) is 28.1 Å². The second-order valence-corrected chi connectivity index (χ2v) is 10.6. The summed E-state index contributed by atoms with van der Waals surface area (Å²) < 4.78 is 2.77. The van der Waals surface area contributed by atoms with Crippen LogP contribution in [0.3, 0.4) is 0 Å². The van der Waals surface area contributed by atoms with E-state index in [4.69, 9.17) is 0 Å². The van der Waals surface area contributed by atoms with E-state index in [1.54, 1.807) is 18.2 Å². The number of phenols is 3. The molecule has 0 aliphatic rings. The Bertz CT molecular complexity index is 1510. The largest absolute Gasteiger partial charge is 0.508 e. The highest BCUT2D eigenvalue weighted by Crippen LogP contribution is 2.25. The Labute approximate surface area is 244 Å². The normalized spacial score (nSPS) is 11.2. The van der Waals surface area contributed by atoms with Crippen LogP contribution in [0.2, 0.25) is 0 Å². The Kier molecular flexibility index (Phi) is 9.72. The first-order valence-electron chi connectivity index (χ1n) is 14.7. The summed E-state index contributed by atoms with van der Waals surface area (Å²) in [4.78, 5) is 42.1. The SMILES string of the molecule is CCCCc1cc(-n2c(=O)n(-c3ccc(O)c(CCCC)c3)c(=O)n(-c3ccc(O)c(CCCC)c3)c2=O)ccc1O. The molecule has 42 heavy (non-hydrogen) atoms. The number of aromatic nitrogens is 3. The van der Waals surface area contributed by atoms with Gasteiger partial charge < -0.3 is 15.3 Å². The van der Waals surface area contributed by atoms with E-state index in [-0.39, 0.29) is 34.3 Å². The molecule has 222 valence electrons. The Morgan fingerprint density at radius 2 is 0.738 bits per heavy atom. The molecule has 0 fully saturated rings. The molecule has 1 aromatic heterocycles. The summed E-state index contributed by atoms with van der Waals surface area (Å²) in [5.41, 5.74) is -0.209. The number of benzene rings is 3. The molecule has 0 spiro atoms. The fourth-order valence-electron chi connectivity index (χ4n) is 5.04. The molecule has 0 saturated carbocycles. The standard InChI is InChI=1S/C33H39N3O6/c1-4-7-10-22-19-25(13-16-28(22)37)34-31(40)35(26-14-17-29(38)23(20-26)11-8-5-2)33(42)36(32(34)41)27-15-18-30(39)24(21-27)12-9-6-3/h13-21,37-39H,4-12H2,1-3H3. The molecule has 0 bridgehead atoms. The van der Waals surface area contributed by atoms with Crippen LogP contribution in [0.25, 0.3) is 17.1 Å². The van der Waals surface area contributed by atoms with E-state index in [1.807, 2.05) is 20.8 Å². The zero-order valence-electron chi connectivity index (χ0n) is 24.5. The van der Waals surface area contributed by atoms with Crippen LogP contribution < -0.4 is 17.1 Å². The molecule has 4 aromatic rings. The van der Waals surface area contributed by atoms with E-state index in [9.17, 15) is 29.7 Å². The van der Waals surface area contributed by atoms with Crippen molar-refractivity contribution in [2.75, 3.05) is 0 Å². The molecule has 0 unspecified atom stereocenters. The highest BCUT2D eigenvalue weighted by Gasteiger charge is 2.21. The Morgan fingerprint density at radius 1 is 0.476 bits per heavy atom. The Balaban J connectivity index is 2.06. The maximum absolute atomic E-state index is 14.0. The van der Waals surface area contributed by atoms with Crippen molar-refractivity contribution in [3.63, 3.8) is 0 Å². The summed E-state index contributed by atoms with van der Waals surface area (Å²) in [6.45, 7) is 6.08. The molecule has 9 heteroatoms. The van der Waals surface area contributed by atoms with Crippen molar-refractivity contribution in [2.45, 2.75) is 78.6 Å². The Hall–Kier alpha value is -4.53. The van der Waals surface area contributed by atoms with Crippen LogP contribution in [0.1, 0.15) is 76.0 Å². The molecule has 3 N–H and O–H groups in total. The number of aromatic hydroxyl groups is 3. The van der Waals surface area contributed by atoms with Crippen LogP contribution in [0.4, 0.5) is 0 Å². The van der Waals surface area contributed by atoms with Crippen molar-refractivity contribution in [3.05, 3.63) is 103 Å². The lowest BCUT2D eigenvalue weighted by Crippen LogP contribution is -2.52. The fourth-order valence-corrected chi connectivity index (χ4v) is 5.04. The summed E-state index contributed by atoms with van der Waals surface area (Å²) in [6.07, 6.45) is 6.74. The lowest BCUT2D eigenvalue weighted by Gasteiger charge is -2.17. The van der Waals surface area contributed by atoms with Gasteiger partial charge in [0.25, 0.3) is 0 Å². The minimum Gasteiger partial charge on any atom is -0.508 e. The molecular formula is C33H39N3O6. The van der Waals surface area contributed by atoms with Crippen molar-refractivity contribution in [1.82, 2.24) is 13.7 Å². The van der Waals surface area contributed by atoms with Gasteiger partial charge in [-0.2, -0.15) is 0 Å². The Morgan fingerprint density at radius 3 is 0.976 bits per heavy atom. The van der Waals surface area contributed by atoms with E-state index >= 15 is 0 Å². The number of aryl methyl sites for hydroxylation is 3. The second-order valence-electron chi connectivity index (χ2n) is 10.6. The predicted molar refractivity (Wildman–Crippen MR) is 164 cm³/mol. The molecule has 0 radical (unpaired) electrons. The minimum atomic E-state index is -0.870. The van der Waals surface area contributed by atoms with Gasteiger partial charge in [-0.15, -0.1) is 0 Å². The third-order valence-electron chi connectivity index (χ3n) is 7.51. The fraction of sp³-hybridized carbons (Fsp3) is 0.364. The van der Waals surface area contributed by atoms with E-state index in [0.717, 1.165) is 52.2 Å². The maximum atomic E-state index is 14.0. The van der Waals surface area contributed by atoms with Crippen molar-refractivity contribution in [3.8, 4) is 34.3 Å². The zero-order valence-corrected chi connectivity index (χ0v) is 24.5. The molecule has 0 amide bonds. The van der Waals surface area contributed by atoms with E-state index in [1.165, 1.54) is 36.4 Å². The number of hydrogen-bond acceptors (Lipinski definition) is 6. The topological polar surface area (TPSA) is 127 Å². The molecule has 9 nitrogen and oxygen atoms in total. The lowest BCUT2D eigenvalue weighted by molar-refractivity contribution is 0.466. The average molecular weight is 574 g/mol. The molecule has 4 rings (SSSR count). The van der Waals surface area contributed by atoms with Crippen molar-refractivity contribution < 1.29 is 15.3 Å². The minimum absolute atomic E-state index is 0.0621. The lowest BCUT2D eigenvalue weighted by atomic mass is 10.1. The van der Waals surface area contributed by atoms with Crippen molar-refractivity contribution >= 4 is 0 Å². The predicted octanol–water partition coefficient (Wildman–Crippen LogP) is 5.28. The third-order valence-corrected chi connectivity index (χ3v) is 7.51. The number of rotatable bonds is 12. The van der Waals surface area contributed by atoms with Crippen LogP contribution in [0.5, 0.6) is 17.2 Å². The summed E-state index contributed by atoms with van der Waals surface area (Å²) in [6, 6.07) is 13.5. The van der Waals surface area contributed by atoms with E-state index < -0.39 is 17.1 Å². The van der Waals surface area contributed by atoms with Gasteiger partial charge in [0.2, 0.25) is 0 Å². The van der Waals surface area contributed by atoms with Gasteiger partial charge in [0.15, 0.2) is 0 Å². The van der Waals surface area contributed by atoms with Crippen LogP contribution >= 0.6 is 0 Å². The zero-order chi connectivity index (χ0) is 30.4. The van der Waals surface area contributed by atoms with Gasteiger partial charge in [-0.05, 0) is 110 Å².